The smallest absolute Gasteiger partial charge is 0.387 e. The number of phosphoric ester groups is 2. The second kappa shape index (κ2) is 23.0. The number of ether oxygens (including phenoxy) is 2. The van der Waals surface area contributed by atoms with Crippen LogP contribution in [-0.4, -0.2) is 228 Å². The van der Waals surface area contributed by atoms with E-state index in [1.165, 1.54) is 0 Å². The number of hydrogen-bond acceptors (Lipinski definition) is 25. The van der Waals surface area contributed by atoms with Crippen molar-refractivity contribution in [1.82, 2.24) is 39.0 Å². The van der Waals surface area contributed by atoms with E-state index in [0.717, 1.165) is 34.4 Å². The van der Waals surface area contributed by atoms with Crippen LogP contribution in [0.2, 0.25) is 0 Å². The normalized spacial score (nSPS) is 28.3. The van der Waals surface area contributed by atoms with E-state index in [-0.39, 0.29) is 128 Å². The second-order valence-corrected chi connectivity index (χ2v) is 19.3. The van der Waals surface area contributed by atoms with Gasteiger partial charge in [0.25, 0.3) is 0 Å². The summed E-state index contributed by atoms with van der Waals surface area (Å²) >= 11 is 0. The molecule has 2 aliphatic rings. The molecule has 2 aliphatic heterocycles. The van der Waals surface area contributed by atoms with Gasteiger partial charge in [-0.15, -0.1) is 0 Å². The summed E-state index contributed by atoms with van der Waals surface area (Å²) < 4.78 is 98.9. The molecule has 32 nitrogen and oxygen atoms in total. The predicted octanol–water partition coefficient (Wildman–Crippen LogP) is -4.23. The Labute approximate surface area is 406 Å². The Morgan fingerprint density at radius 2 is 0.823 bits per heavy atom. The van der Waals surface area contributed by atoms with E-state index in [1.807, 2.05) is 0 Å². The van der Waals surface area contributed by atoms with Crippen LogP contribution >= 0.6 is 39.1 Å². The van der Waals surface area contributed by atoms with Crippen LogP contribution in [0, 0.1) is 0 Å². The minimum Gasteiger partial charge on any atom is -0.387 e. The molecule has 0 aromatic carbocycles. The fourth-order valence-electron chi connectivity index (χ4n) is 5.25. The molecule has 12 atom stereocenters. The maximum absolute atomic E-state index is 12.4. The molecule has 4 aromatic heterocycles. The van der Waals surface area contributed by atoms with Gasteiger partial charge < -0.3 is 65.8 Å². The summed E-state index contributed by atoms with van der Waals surface area (Å²) in [5, 5.41) is 41.8. The van der Waals surface area contributed by atoms with Gasteiger partial charge in [-0.25, -0.2) is 52.7 Å². The van der Waals surface area contributed by atoms with Crippen LogP contribution in [0.3, 0.4) is 0 Å². The van der Waals surface area contributed by atoms with Crippen LogP contribution in [0.5, 0.6) is 0 Å². The first-order chi connectivity index (χ1) is 26.4. The zero-order chi connectivity index (χ0) is 41.9. The zero-order valence-electron chi connectivity index (χ0n) is 32.6. The number of nitrogen functional groups attached to an aromatic ring is 2. The number of imidazole rings is 2. The average molecular weight is 951 g/mol. The van der Waals surface area contributed by atoms with E-state index < -0.39 is 101 Å². The van der Waals surface area contributed by atoms with Crippen LogP contribution in [0.1, 0.15) is 12.5 Å². The third-order valence-electron chi connectivity index (χ3n) is 7.63. The Morgan fingerprint density at radius 3 is 1.15 bits per heavy atom. The van der Waals surface area contributed by atoms with Gasteiger partial charge in [-0.1, -0.05) is 0 Å². The van der Waals surface area contributed by atoms with Gasteiger partial charge in [0.05, 0.1) is 25.9 Å². The molecule has 0 aliphatic carbocycles. The fraction of sp³-hybridized carbons (Fsp3) is 0.500. The number of aromatic nitrogens is 8. The molecular formula is C20H29Li5N10O22P5. The minimum absolute atomic E-state index is 0. The number of nitrogens with two attached hydrogens (primary N) is 2. The molecule has 4 unspecified atom stereocenters. The third kappa shape index (κ3) is 14.1. The SMILES string of the molecule is Nc1ncnc2c1ncn2[C@@H]1O[C@H](COP(=O)(O)OP(=O)(O)OP(=O)(O)OP(=O)(O)OP(=O)(O)OC[C@H]2O[C@@H](n3cnc4c(N)ncnc43)[C@H](O)[C@@H]2O)[C@@H](O)[C@H]1O.[Li].[Li].[Li].[Li].[Li]. The van der Waals surface area contributed by atoms with Crippen molar-refractivity contribution in [1.29, 1.82) is 0 Å². The molecule has 0 spiro atoms. The van der Waals surface area contributed by atoms with E-state index >= 15 is 0 Å². The van der Waals surface area contributed by atoms with Crippen molar-refractivity contribution in [3.05, 3.63) is 25.3 Å². The van der Waals surface area contributed by atoms with Crippen LogP contribution in [-0.2, 0) is 58.6 Å². The summed E-state index contributed by atoms with van der Waals surface area (Å²) in [7, 11) is -30.8. The number of aliphatic hydroxyl groups excluding tert-OH is 4. The van der Waals surface area contributed by atoms with Crippen LogP contribution < -0.4 is 11.5 Å². The standard InChI is InChI=1S/C20H29N10O22P5.5Li/c21-15-9-17(25-3-23-15)29(5-27-9)19-13(33)11(31)7(47-19)1-45-53(35,36)49-55(39,40)51-57(43,44)52-56(41,42)50-54(37,38)46-2-8-12(32)14(34)20(48-8)30-6-28-10-16(22)24-4-26-18(10)30;;;;;/h3-8,11-14,19-20,31-34H,1-2H2,(H,35,36)(H,37,38)(H,39,40)(H,41,42)(H,43,44)(H2,21,23,25)(H2,22,24,26);;;;;/t7-,8-,11-,12-,13-,14-,19-,20-;;;;;/m1...../s1. The van der Waals surface area contributed by atoms with Gasteiger partial charge in [0.1, 0.15) is 60.3 Å². The molecular weight excluding hydrogens is 922 g/mol. The first-order valence-electron chi connectivity index (χ1n) is 15.1. The Morgan fingerprint density at radius 1 is 0.516 bits per heavy atom. The van der Waals surface area contributed by atoms with E-state index in [1.54, 1.807) is 0 Å². The van der Waals surface area contributed by atoms with Crippen molar-refractivity contribution < 1.29 is 103 Å². The maximum atomic E-state index is 12.4. The molecule has 0 bridgehead atoms. The summed E-state index contributed by atoms with van der Waals surface area (Å²) in [6.07, 6.45) is -9.04. The van der Waals surface area contributed by atoms with Crippen molar-refractivity contribution in [3.8, 4) is 0 Å². The summed E-state index contributed by atoms with van der Waals surface area (Å²) in [5.41, 5.74) is 11.7. The van der Waals surface area contributed by atoms with Gasteiger partial charge in [0.2, 0.25) is 0 Å². The summed E-state index contributed by atoms with van der Waals surface area (Å²) in [4.78, 5) is 72.6. The topological polar surface area (TPSA) is 481 Å². The first-order valence-corrected chi connectivity index (χ1v) is 22.5. The van der Waals surface area contributed by atoms with Gasteiger partial charge >= 0.3 is 39.1 Å². The van der Waals surface area contributed by atoms with E-state index in [9.17, 15) is 67.7 Å². The Kier molecular flexibility index (Phi) is 22.3. The van der Waals surface area contributed by atoms with Crippen molar-refractivity contribution in [2.45, 2.75) is 49.1 Å². The number of fused-ring (bicyclic) bond motifs is 2. The number of rotatable bonds is 16. The summed E-state index contributed by atoms with van der Waals surface area (Å²) in [6.45, 7) is -2.34. The summed E-state index contributed by atoms with van der Waals surface area (Å²) in [6, 6.07) is 0. The van der Waals surface area contributed by atoms with Gasteiger partial charge in [-0.05, 0) is 0 Å². The van der Waals surface area contributed by atoms with Crippen LogP contribution in [0.25, 0.3) is 22.3 Å². The number of phosphoric acid groups is 5. The van der Waals surface area contributed by atoms with Crippen molar-refractivity contribution in [3.63, 3.8) is 0 Å². The van der Waals surface area contributed by atoms with Crippen LogP contribution in [0.15, 0.2) is 25.3 Å². The first kappa shape index (κ1) is 60.2. The Bertz CT molecular complexity index is 2250. The maximum Gasteiger partial charge on any atom is 0.490 e. The molecule has 4 aromatic rings. The Hall–Kier alpha value is 0.157. The van der Waals surface area contributed by atoms with E-state index in [2.05, 4.69) is 56.2 Å². The fourth-order valence-corrected chi connectivity index (χ4v) is 11.6. The van der Waals surface area contributed by atoms with Crippen molar-refractivity contribution >= 4 is 167 Å². The quantitative estimate of drug-likeness (QED) is 0.0374. The molecule has 6 heterocycles. The number of anilines is 2. The molecule has 6 rings (SSSR count). The van der Waals surface area contributed by atoms with E-state index in [4.69, 9.17) is 20.9 Å². The van der Waals surface area contributed by atoms with Crippen molar-refractivity contribution in [2.24, 2.45) is 0 Å². The van der Waals surface area contributed by atoms with Gasteiger partial charge in [-0.2, -0.15) is 17.2 Å². The minimum atomic E-state index is -6.45. The third-order valence-corrected chi connectivity index (χ3v) is 15.2. The molecule has 321 valence electrons. The monoisotopic (exact) mass is 951 g/mol. The van der Waals surface area contributed by atoms with Crippen molar-refractivity contribution in [2.75, 3.05) is 24.7 Å². The average Bonchev–Trinajstić information content (AvgIpc) is 3.83. The van der Waals surface area contributed by atoms with E-state index in [0.29, 0.717) is 0 Å². The number of hydrogen-bond donors (Lipinski definition) is 11. The Balaban J connectivity index is 0.00000384. The summed E-state index contributed by atoms with van der Waals surface area (Å²) in [5.74, 6) is -0.0770. The van der Waals surface area contributed by atoms with Gasteiger partial charge in [0.15, 0.2) is 35.4 Å². The van der Waals surface area contributed by atoms with Gasteiger partial charge in [0, 0.05) is 94.3 Å². The molecule has 42 heteroatoms. The molecule has 2 fully saturated rings. The largest absolute Gasteiger partial charge is 0.490 e. The predicted molar refractivity (Wildman–Crippen MR) is 205 cm³/mol. The zero-order valence-corrected chi connectivity index (χ0v) is 37.1. The van der Waals surface area contributed by atoms with Crippen LogP contribution in [0.4, 0.5) is 11.6 Å². The molecule has 13 N–H and O–H groups in total. The number of aliphatic hydroxyl groups is 4. The molecule has 0 saturated carbocycles. The molecule has 62 heavy (non-hydrogen) atoms. The second-order valence-electron chi connectivity index (χ2n) is 11.5. The number of nitrogens with zero attached hydrogens (tertiary/aromatic N) is 8. The molecule has 0 amide bonds. The molecule has 2 saturated heterocycles. The molecule has 5 radical (unpaired) electrons. The van der Waals surface area contributed by atoms with Gasteiger partial charge in [-0.3, -0.25) is 18.2 Å².